The first kappa shape index (κ1) is 29.7. The Morgan fingerprint density at radius 1 is 1.24 bits per heavy atom. The molecule has 13 nitrogen and oxygen atoms in total. The lowest BCUT2D eigenvalue weighted by atomic mass is 9.93. The summed E-state index contributed by atoms with van der Waals surface area (Å²) < 4.78 is 50.5. The van der Waals surface area contributed by atoms with Crippen LogP contribution >= 0.6 is 7.75 Å². The average Bonchev–Trinajstić information content (AvgIpc) is 3.10. The largest absolute Gasteiger partial charge is 0.462 e. The van der Waals surface area contributed by atoms with Gasteiger partial charge in [0.25, 0.3) is 5.56 Å². The number of alkyl halides is 1. The van der Waals surface area contributed by atoms with Crippen molar-refractivity contribution in [2.75, 3.05) is 6.67 Å². The van der Waals surface area contributed by atoms with E-state index < -0.39 is 73.9 Å². The number of nitrogens with one attached hydrogen (secondary N) is 2. The zero-order valence-corrected chi connectivity index (χ0v) is 22.0. The number of halogens is 1. The normalized spacial score (nSPS) is 26.5. The van der Waals surface area contributed by atoms with Crippen LogP contribution in [-0.4, -0.2) is 68.5 Å². The van der Waals surface area contributed by atoms with Crippen LogP contribution in [0, 0.1) is 0 Å². The third kappa shape index (κ3) is 6.57. The molecule has 2 unspecified atom stereocenters. The maximum atomic E-state index is 14.0. The molecule has 0 saturated carbocycles. The van der Waals surface area contributed by atoms with Crippen molar-refractivity contribution in [3.05, 3.63) is 63.4 Å². The van der Waals surface area contributed by atoms with Gasteiger partial charge in [0.05, 0.1) is 12.2 Å². The Bertz CT molecular complexity index is 1270. The first-order valence-electron chi connectivity index (χ1n) is 11.7. The summed E-state index contributed by atoms with van der Waals surface area (Å²) in [5.41, 5.74) is -4.39. The molecule has 0 spiro atoms. The molecule has 0 amide bonds. The summed E-state index contributed by atoms with van der Waals surface area (Å²) in [7, 11) is -4.42. The summed E-state index contributed by atoms with van der Waals surface area (Å²) >= 11 is 0. The van der Waals surface area contributed by atoms with Crippen LogP contribution in [0.2, 0.25) is 0 Å². The number of benzene rings is 1. The van der Waals surface area contributed by atoms with Gasteiger partial charge in [0.2, 0.25) is 0 Å². The van der Waals surface area contributed by atoms with E-state index in [9.17, 15) is 33.6 Å². The van der Waals surface area contributed by atoms with E-state index in [1.54, 1.807) is 32.0 Å². The molecule has 210 valence electrons. The Balaban J connectivity index is 1.89. The highest BCUT2D eigenvalue weighted by atomic mass is 31.2. The van der Waals surface area contributed by atoms with Gasteiger partial charge in [0, 0.05) is 12.3 Å². The maximum absolute atomic E-state index is 14.0. The van der Waals surface area contributed by atoms with Gasteiger partial charge in [-0.15, -0.1) is 0 Å². The minimum atomic E-state index is -4.42. The topological polar surface area (TPSA) is 178 Å². The second kappa shape index (κ2) is 11.9. The minimum absolute atomic E-state index is 0.116. The smallest absolute Gasteiger partial charge is 0.459 e. The van der Waals surface area contributed by atoms with E-state index in [0.29, 0.717) is 4.57 Å². The molecule has 1 aromatic heterocycles. The lowest BCUT2D eigenvalue weighted by molar-refractivity contribution is -0.149. The highest BCUT2D eigenvalue weighted by molar-refractivity contribution is 7.52. The predicted octanol–water partition coefficient (Wildman–Crippen LogP) is 1.02. The number of H-pyrrole nitrogens is 1. The van der Waals surface area contributed by atoms with Crippen LogP contribution in [0.4, 0.5) is 4.39 Å². The van der Waals surface area contributed by atoms with E-state index in [0.717, 1.165) is 12.3 Å². The fraction of sp³-hybridized carbons (Fsp3) is 0.522. The van der Waals surface area contributed by atoms with Gasteiger partial charge < -0.3 is 24.2 Å². The van der Waals surface area contributed by atoms with Crippen molar-refractivity contribution in [2.24, 2.45) is 0 Å². The molecule has 1 aliphatic heterocycles. The number of hydrogen-bond donors (Lipinski definition) is 4. The molecular formula is C23H31FN3O10P. The van der Waals surface area contributed by atoms with Gasteiger partial charge in [0.15, 0.2) is 11.8 Å². The fourth-order valence-electron chi connectivity index (χ4n) is 3.80. The highest BCUT2D eigenvalue weighted by Crippen LogP contribution is 2.49. The number of aliphatic hydroxyl groups is 2. The molecule has 2 aromatic rings. The molecule has 1 saturated heterocycles. The second-order valence-electron chi connectivity index (χ2n) is 9.09. The monoisotopic (exact) mass is 559 g/mol. The summed E-state index contributed by atoms with van der Waals surface area (Å²) in [5, 5.41) is 24.2. The summed E-state index contributed by atoms with van der Waals surface area (Å²) in [5.74, 6) is -0.625. The van der Waals surface area contributed by atoms with Crippen molar-refractivity contribution in [2.45, 2.75) is 70.0 Å². The van der Waals surface area contributed by atoms with E-state index in [1.165, 1.54) is 26.0 Å². The number of ether oxygens (including phenoxy) is 2. The number of aromatic nitrogens is 2. The number of nitrogens with zero attached hydrogens (tertiary/aromatic N) is 1. The summed E-state index contributed by atoms with van der Waals surface area (Å²) in [4.78, 5) is 38.0. The number of carbonyl (C=O) groups is 1. The Morgan fingerprint density at radius 2 is 1.89 bits per heavy atom. The Kier molecular flexibility index (Phi) is 9.29. The van der Waals surface area contributed by atoms with Gasteiger partial charge in [-0.2, -0.15) is 5.09 Å². The molecular weight excluding hydrogens is 528 g/mol. The van der Waals surface area contributed by atoms with E-state index in [2.05, 4.69) is 5.09 Å². The molecule has 2 heterocycles. The van der Waals surface area contributed by atoms with Crippen molar-refractivity contribution in [1.29, 1.82) is 0 Å². The molecule has 7 atom stereocenters. The fourth-order valence-corrected chi connectivity index (χ4v) is 5.50. The van der Waals surface area contributed by atoms with Gasteiger partial charge in [-0.1, -0.05) is 18.2 Å². The number of esters is 1. The highest BCUT2D eigenvalue weighted by Gasteiger charge is 2.59. The van der Waals surface area contributed by atoms with Crippen LogP contribution in [0.25, 0.3) is 0 Å². The zero-order valence-electron chi connectivity index (χ0n) is 21.1. The third-order valence-corrected chi connectivity index (χ3v) is 7.41. The van der Waals surface area contributed by atoms with Crippen LogP contribution in [0.5, 0.6) is 5.75 Å². The number of aromatic amines is 1. The lowest BCUT2D eigenvalue weighted by Crippen LogP contribution is -2.51. The first-order chi connectivity index (χ1) is 17.8. The Labute approximate surface area is 217 Å². The van der Waals surface area contributed by atoms with Crippen molar-refractivity contribution in [3.63, 3.8) is 0 Å². The van der Waals surface area contributed by atoms with E-state index in [4.69, 9.17) is 18.5 Å². The number of aliphatic hydroxyl groups excluding tert-OH is 1. The molecule has 4 N–H and O–H groups in total. The van der Waals surface area contributed by atoms with Crippen molar-refractivity contribution in [1.82, 2.24) is 14.6 Å². The van der Waals surface area contributed by atoms with Crippen LogP contribution in [0.15, 0.2) is 52.2 Å². The summed E-state index contributed by atoms with van der Waals surface area (Å²) in [6.07, 6.45) is -6.12. The number of hydrogen-bond acceptors (Lipinski definition) is 10. The molecule has 3 rings (SSSR count). The minimum Gasteiger partial charge on any atom is -0.462 e. The predicted molar refractivity (Wildman–Crippen MR) is 131 cm³/mol. The number of rotatable bonds is 11. The number of carbonyl (C=O) groups excluding carboxylic acids is 1. The molecule has 38 heavy (non-hydrogen) atoms. The SMILES string of the molecule is CC(C)OC(=O)[C@H](C)NP(=O)(Oc1ccccc1)O[C@H](C)[C@H]1O[C@@H](n2ccc(=O)[nH]c2=O)[C@@](O)(CF)C1O. The molecule has 1 aromatic carbocycles. The quantitative estimate of drug-likeness (QED) is 0.228. The van der Waals surface area contributed by atoms with Crippen molar-refractivity contribution in [3.8, 4) is 5.75 Å². The van der Waals surface area contributed by atoms with Crippen LogP contribution in [0.3, 0.4) is 0 Å². The number of para-hydroxylation sites is 1. The van der Waals surface area contributed by atoms with Gasteiger partial charge in [0.1, 0.15) is 30.7 Å². The van der Waals surface area contributed by atoms with E-state index >= 15 is 0 Å². The van der Waals surface area contributed by atoms with Crippen molar-refractivity contribution < 1.29 is 42.5 Å². The van der Waals surface area contributed by atoms with Crippen LogP contribution in [-0.2, 0) is 23.4 Å². The Morgan fingerprint density at radius 3 is 2.47 bits per heavy atom. The van der Waals surface area contributed by atoms with Crippen molar-refractivity contribution >= 4 is 13.7 Å². The molecule has 0 bridgehead atoms. The average molecular weight is 559 g/mol. The summed E-state index contributed by atoms with van der Waals surface area (Å²) in [6.45, 7) is 4.42. The molecule has 0 radical (unpaired) electrons. The van der Waals surface area contributed by atoms with Gasteiger partial charge >= 0.3 is 19.4 Å². The molecule has 15 heteroatoms. The summed E-state index contributed by atoms with van der Waals surface area (Å²) in [6, 6.07) is 7.67. The van der Waals surface area contributed by atoms with Crippen LogP contribution < -0.4 is 20.9 Å². The van der Waals surface area contributed by atoms with E-state index in [-0.39, 0.29) is 5.75 Å². The standard InChI is InChI=1S/C23H31FN3O10P/c1-13(2)34-20(30)14(3)26-38(33,37-16-8-6-5-7-9-16)36-15(4)18-19(29)23(32,12-24)21(35-18)27-11-10-17(28)25-22(27)31/h5-11,13-15,18-19,21,29,32H,12H2,1-4H3,(H,26,33)(H,25,28,31)/t14-,15+,18+,19?,21+,23+,38?/m0/s1. The zero-order chi connectivity index (χ0) is 28.3. The molecule has 1 aliphatic rings. The third-order valence-electron chi connectivity index (χ3n) is 5.65. The van der Waals surface area contributed by atoms with Gasteiger partial charge in [-0.3, -0.25) is 23.7 Å². The van der Waals surface area contributed by atoms with Crippen LogP contribution in [0.1, 0.15) is 33.9 Å². The Hall–Kier alpha value is -2.87. The second-order valence-corrected chi connectivity index (χ2v) is 10.7. The first-order valence-corrected chi connectivity index (χ1v) is 13.3. The maximum Gasteiger partial charge on any atom is 0.459 e. The molecule has 0 aliphatic carbocycles. The molecule has 1 fully saturated rings. The van der Waals surface area contributed by atoms with Gasteiger partial charge in [-0.05, 0) is 39.8 Å². The van der Waals surface area contributed by atoms with E-state index in [1.807, 2.05) is 4.98 Å². The lowest BCUT2D eigenvalue weighted by Gasteiger charge is -2.30. The van der Waals surface area contributed by atoms with Gasteiger partial charge in [-0.25, -0.2) is 13.8 Å².